The molecule has 3 aromatic carbocycles. The van der Waals surface area contributed by atoms with Crippen molar-refractivity contribution in [2.75, 3.05) is 12.0 Å². The maximum atomic E-state index is 13.8. The maximum Gasteiger partial charge on any atom is 0.305 e. The SMILES string of the molecule is COc1cc([C@@H]2c3sc(=O)[nH]c3S[C@H]3C(=O)N(c4ccc(F)cc4)C(=O)[C@@H]23)ccc1OCc1ccccc1C. The van der Waals surface area contributed by atoms with Crippen LogP contribution in [0.2, 0.25) is 0 Å². The Balaban J connectivity index is 1.38. The van der Waals surface area contributed by atoms with Gasteiger partial charge in [-0.1, -0.05) is 53.4 Å². The second-order valence-corrected chi connectivity index (χ2v) is 11.5. The van der Waals surface area contributed by atoms with E-state index in [0.29, 0.717) is 33.7 Å². The Morgan fingerprint density at radius 1 is 0.974 bits per heavy atom. The number of carbonyl (C=O) groups excluding carboxylic acids is 2. The molecule has 1 saturated heterocycles. The van der Waals surface area contributed by atoms with Crippen LogP contribution in [0.1, 0.15) is 27.5 Å². The molecule has 1 aromatic heterocycles. The van der Waals surface area contributed by atoms with E-state index in [1.807, 2.05) is 37.3 Å². The number of thiazole rings is 1. The van der Waals surface area contributed by atoms with Crippen LogP contribution in [0.3, 0.4) is 0 Å². The van der Waals surface area contributed by atoms with E-state index in [0.717, 1.165) is 32.9 Å². The number of ether oxygens (including phenoxy) is 2. The summed E-state index contributed by atoms with van der Waals surface area (Å²) in [7, 11) is 1.54. The molecule has 0 radical (unpaired) electrons. The van der Waals surface area contributed by atoms with Crippen molar-refractivity contribution in [1.29, 1.82) is 0 Å². The van der Waals surface area contributed by atoms with E-state index in [4.69, 9.17) is 9.47 Å². The van der Waals surface area contributed by atoms with Crippen molar-refractivity contribution in [1.82, 2.24) is 4.98 Å². The van der Waals surface area contributed by atoms with Crippen molar-refractivity contribution in [2.24, 2.45) is 5.92 Å². The Morgan fingerprint density at radius 2 is 1.74 bits per heavy atom. The number of anilines is 1. The quantitative estimate of drug-likeness (QED) is 0.322. The molecule has 198 valence electrons. The molecule has 1 N–H and O–H groups in total. The molecule has 0 aliphatic carbocycles. The summed E-state index contributed by atoms with van der Waals surface area (Å²) in [5.41, 5.74) is 3.20. The van der Waals surface area contributed by atoms with Crippen LogP contribution in [0.4, 0.5) is 10.1 Å². The number of methoxy groups -OCH3 is 1. The first-order valence-electron chi connectivity index (χ1n) is 12.2. The number of fused-ring (bicyclic) bond motifs is 2. The molecule has 2 amide bonds. The van der Waals surface area contributed by atoms with Crippen molar-refractivity contribution in [2.45, 2.75) is 29.7 Å². The number of rotatable bonds is 6. The molecule has 39 heavy (non-hydrogen) atoms. The Labute approximate surface area is 231 Å². The summed E-state index contributed by atoms with van der Waals surface area (Å²) in [6.07, 6.45) is 0. The van der Waals surface area contributed by atoms with Crippen molar-refractivity contribution in [3.8, 4) is 11.5 Å². The van der Waals surface area contributed by atoms with Gasteiger partial charge in [-0.3, -0.25) is 14.4 Å². The summed E-state index contributed by atoms with van der Waals surface area (Å²) in [5, 5.41) is -0.162. The molecule has 6 rings (SSSR count). The molecular formula is C29H23FN2O5S2. The van der Waals surface area contributed by atoms with Crippen LogP contribution in [0.5, 0.6) is 11.5 Å². The zero-order valence-electron chi connectivity index (χ0n) is 21.0. The van der Waals surface area contributed by atoms with Crippen LogP contribution < -0.4 is 19.2 Å². The lowest BCUT2D eigenvalue weighted by Gasteiger charge is -2.30. The highest BCUT2D eigenvalue weighted by Gasteiger charge is 2.56. The molecule has 10 heteroatoms. The number of hydrogen-bond acceptors (Lipinski definition) is 7. The number of imide groups is 1. The van der Waals surface area contributed by atoms with Crippen molar-refractivity contribution in [3.05, 3.63) is 104 Å². The number of aryl methyl sites for hydroxylation is 1. The third-order valence-corrected chi connectivity index (χ3v) is 9.50. The second kappa shape index (κ2) is 10.0. The monoisotopic (exact) mass is 562 g/mol. The van der Waals surface area contributed by atoms with E-state index in [1.165, 1.54) is 36.0 Å². The molecule has 0 bridgehead atoms. The van der Waals surface area contributed by atoms with Crippen LogP contribution in [-0.4, -0.2) is 29.2 Å². The number of nitrogens with zero attached hydrogens (tertiary/aromatic N) is 1. The molecule has 0 saturated carbocycles. The van der Waals surface area contributed by atoms with Gasteiger partial charge in [0.25, 0.3) is 0 Å². The molecule has 1 fully saturated rings. The predicted molar refractivity (Wildman–Crippen MR) is 147 cm³/mol. The van der Waals surface area contributed by atoms with E-state index >= 15 is 0 Å². The summed E-state index contributed by atoms with van der Waals surface area (Å²) in [4.78, 5) is 44.1. The van der Waals surface area contributed by atoms with E-state index < -0.39 is 28.8 Å². The third-order valence-electron chi connectivity index (χ3n) is 7.10. The number of carbonyl (C=O) groups is 2. The number of aromatic amines is 1. The van der Waals surface area contributed by atoms with E-state index in [1.54, 1.807) is 19.2 Å². The van der Waals surface area contributed by atoms with Gasteiger partial charge < -0.3 is 14.5 Å². The minimum atomic E-state index is -0.755. The molecule has 0 unspecified atom stereocenters. The average molecular weight is 563 g/mol. The number of benzene rings is 3. The molecular weight excluding hydrogens is 539 g/mol. The summed E-state index contributed by atoms with van der Waals surface area (Å²) in [6.45, 7) is 2.38. The highest BCUT2D eigenvalue weighted by Crippen LogP contribution is 2.53. The Bertz CT molecular complexity index is 1650. The standard InChI is InChI=1S/C29H23FN2O5S2/c1-15-5-3-4-6-17(15)14-37-20-12-7-16(13-21(20)36-2)22-23-25(38-26-24(22)39-29(35)31-26)28(34)32(27(23)33)19-10-8-18(30)9-11-19/h3-13,22-23,25H,14H2,1-2H3,(H,31,35)/t22-,23-,25+/m0/s1. The maximum absolute atomic E-state index is 13.8. The lowest BCUT2D eigenvalue weighted by molar-refractivity contribution is -0.122. The van der Waals surface area contributed by atoms with Gasteiger partial charge in [-0.25, -0.2) is 9.29 Å². The van der Waals surface area contributed by atoms with Gasteiger partial charge in [0, 0.05) is 10.8 Å². The van der Waals surface area contributed by atoms with Crippen LogP contribution in [0.25, 0.3) is 0 Å². The van der Waals surface area contributed by atoms with E-state index in [-0.39, 0.29) is 10.8 Å². The highest BCUT2D eigenvalue weighted by atomic mass is 32.2. The number of aromatic nitrogens is 1. The largest absolute Gasteiger partial charge is 0.493 e. The van der Waals surface area contributed by atoms with E-state index in [2.05, 4.69) is 4.98 Å². The van der Waals surface area contributed by atoms with Crippen molar-refractivity contribution >= 4 is 40.6 Å². The topological polar surface area (TPSA) is 88.7 Å². The number of nitrogens with one attached hydrogen (secondary N) is 1. The van der Waals surface area contributed by atoms with Gasteiger partial charge in [-0.05, 0) is 60.0 Å². The number of halogens is 1. The molecule has 2 aliphatic rings. The number of amides is 2. The van der Waals surface area contributed by atoms with Crippen LogP contribution in [0.15, 0.2) is 76.6 Å². The van der Waals surface area contributed by atoms with Gasteiger partial charge in [-0.15, -0.1) is 0 Å². The average Bonchev–Trinajstić information content (AvgIpc) is 3.43. The first-order valence-corrected chi connectivity index (χ1v) is 13.9. The first kappa shape index (κ1) is 25.4. The van der Waals surface area contributed by atoms with E-state index in [9.17, 15) is 18.8 Å². The Kier molecular flexibility index (Phi) is 6.52. The lowest BCUT2D eigenvalue weighted by atomic mass is 9.83. The van der Waals surface area contributed by atoms with Crippen LogP contribution in [0, 0.1) is 18.7 Å². The van der Waals surface area contributed by atoms with Crippen LogP contribution >= 0.6 is 23.1 Å². The van der Waals surface area contributed by atoms with Gasteiger partial charge >= 0.3 is 4.87 Å². The molecule has 4 aromatic rings. The summed E-state index contributed by atoms with van der Waals surface area (Å²) < 4.78 is 25.3. The first-order chi connectivity index (χ1) is 18.9. The highest BCUT2D eigenvalue weighted by molar-refractivity contribution is 8.00. The third kappa shape index (κ3) is 4.43. The molecule has 3 atom stereocenters. The Hall–Kier alpha value is -3.89. The fourth-order valence-electron chi connectivity index (χ4n) is 5.15. The van der Waals surface area contributed by atoms with Gasteiger partial charge in [0.2, 0.25) is 11.8 Å². The Morgan fingerprint density at radius 3 is 2.49 bits per heavy atom. The zero-order valence-corrected chi connectivity index (χ0v) is 22.6. The van der Waals surface area contributed by atoms with Gasteiger partial charge in [0.1, 0.15) is 17.7 Å². The van der Waals surface area contributed by atoms with Crippen LogP contribution in [-0.2, 0) is 16.2 Å². The smallest absolute Gasteiger partial charge is 0.305 e. The number of hydrogen-bond donors (Lipinski definition) is 1. The summed E-state index contributed by atoms with van der Waals surface area (Å²) in [5.74, 6) is -1.54. The lowest BCUT2D eigenvalue weighted by Crippen LogP contribution is -2.32. The van der Waals surface area contributed by atoms with Gasteiger partial charge in [0.15, 0.2) is 11.5 Å². The molecule has 2 aliphatic heterocycles. The van der Waals surface area contributed by atoms with Crippen molar-refractivity contribution < 1.29 is 23.5 Å². The fraction of sp³-hybridized carbons (Fsp3) is 0.207. The minimum absolute atomic E-state index is 0.252. The van der Waals surface area contributed by atoms with Crippen molar-refractivity contribution in [3.63, 3.8) is 0 Å². The zero-order chi connectivity index (χ0) is 27.3. The summed E-state index contributed by atoms with van der Waals surface area (Å²) >= 11 is 2.23. The predicted octanol–water partition coefficient (Wildman–Crippen LogP) is 5.27. The molecule has 3 heterocycles. The number of H-pyrrole nitrogens is 1. The minimum Gasteiger partial charge on any atom is -0.493 e. The second-order valence-electron chi connectivity index (χ2n) is 9.36. The number of thioether (sulfide) groups is 1. The fourth-order valence-corrected chi connectivity index (χ4v) is 7.66. The molecule has 0 spiro atoms. The van der Waals surface area contributed by atoms with Gasteiger partial charge in [0.05, 0.1) is 23.7 Å². The summed E-state index contributed by atoms with van der Waals surface area (Å²) in [6, 6.07) is 18.7. The normalized spacial score (nSPS) is 20.1. The molecule has 7 nitrogen and oxygen atoms in total. The van der Waals surface area contributed by atoms with Gasteiger partial charge in [-0.2, -0.15) is 0 Å².